The zero-order valence-electron chi connectivity index (χ0n) is 16.3. The minimum absolute atomic E-state index is 0.264. The van der Waals surface area contributed by atoms with Gasteiger partial charge in [0.1, 0.15) is 11.0 Å². The second kappa shape index (κ2) is 9.41. The monoisotopic (exact) mass is 411 g/mol. The van der Waals surface area contributed by atoms with Gasteiger partial charge in [-0.3, -0.25) is 4.21 Å². The summed E-state index contributed by atoms with van der Waals surface area (Å²) in [5.74, 6) is 0. The van der Waals surface area contributed by atoms with E-state index in [0.717, 1.165) is 21.6 Å². The van der Waals surface area contributed by atoms with Gasteiger partial charge in [0.05, 0.1) is 27.0 Å². The zero-order chi connectivity index (χ0) is 20.1. The predicted molar refractivity (Wildman–Crippen MR) is 117 cm³/mol. The first-order valence-corrected chi connectivity index (χ1v) is 11.6. The molecule has 5 heteroatoms. The summed E-state index contributed by atoms with van der Waals surface area (Å²) < 4.78 is 29.4. The first-order valence-electron chi connectivity index (χ1n) is 9.22. The van der Waals surface area contributed by atoms with Crippen molar-refractivity contribution in [3.05, 3.63) is 95.6 Å². The Morgan fingerprint density at radius 2 is 1.21 bits per heavy atom. The summed E-state index contributed by atoms with van der Waals surface area (Å²) in [7, 11) is -2.64. The Bertz CT molecular complexity index is 954. The molecule has 3 aromatic carbocycles. The number of rotatable bonds is 7. The van der Waals surface area contributed by atoms with E-state index in [2.05, 4.69) is 4.72 Å². The summed E-state index contributed by atoms with van der Waals surface area (Å²) in [6, 6.07) is 24.8. The Hall–Kier alpha value is -2.08. The quantitative estimate of drug-likeness (QED) is 0.604. The van der Waals surface area contributed by atoms with Crippen LogP contribution in [0.5, 0.6) is 0 Å². The van der Waals surface area contributed by atoms with Gasteiger partial charge in [-0.2, -0.15) is 0 Å². The highest BCUT2D eigenvalue weighted by molar-refractivity contribution is 7.86. The van der Waals surface area contributed by atoms with Crippen LogP contribution in [-0.4, -0.2) is 13.7 Å². The van der Waals surface area contributed by atoms with Crippen molar-refractivity contribution >= 4 is 21.8 Å². The van der Waals surface area contributed by atoms with Crippen LogP contribution in [0, 0.1) is 13.8 Å². The van der Waals surface area contributed by atoms with Crippen LogP contribution in [0.1, 0.15) is 29.7 Å². The Balaban J connectivity index is 1.88. The van der Waals surface area contributed by atoms with Crippen molar-refractivity contribution in [3.8, 4) is 0 Å². The van der Waals surface area contributed by atoms with Gasteiger partial charge in [0.25, 0.3) is 0 Å². The number of hydrogen-bond acceptors (Lipinski definition) is 2. The van der Waals surface area contributed by atoms with Crippen LogP contribution in [0.25, 0.3) is 0 Å². The normalized spacial score (nSPS) is 15.5. The fourth-order valence-corrected chi connectivity index (χ4v) is 5.43. The summed E-state index contributed by atoms with van der Waals surface area (Å²) in [6.07, 6.45) is 0. The van der Waals surface area contributed by atoms with Crippen LogP contribution in [0.3, 0.4) is 0 Å². The van der Waals surface area contributed by atoms with E-state index in [4.69, 9.17) is 0 Å². The molecule has 0 heterocycles. The van der Waals surface area contributed by atoms with Crippen molar-refractivity contribution < 1.29 is 8.42 Å². The molecule has 0 aromatic heterocycles. The topological polar surface area (TPSA) is 46.2 Å². The average Bonchev–Trinajstić information content (AvgIpc) is 2.72. The molecule has 0 amide bonds. The minimum atomic E-state index is -1.40. The second-order valence-corrected chi connectivity index (χ2v) is 9.96. The number of aryl methyl sites for hydroxylation is 2. The van der Waals surface area contributed by atoms with Crippen LogP contribution >= 0.6 is 0 Å². The van der Waals surface area contributed by atoms with Crippen molar-refractivity contribution in [3.63, 3.8) is 0 Å². The van der Waals surface area contributed by atoms with E-state index < -0.39 is 21.8 Å². The van der Waals surface area contributed by atoms with E-state index in [9.17, 15) is 8.42 Å². The van der Waals surface area contributed by atoms with Gasteiger partial charge < -0.3 is 0 Å². The third kappa shape index (κ3) is 5.04. The molecule has 3 nitrogen and oxygen atoms in total. The molecule has 28 heavy (non-hydrogen) atoms. The molecule has 0 aliphatic rings. The van der Waals surface area contributed by atoms with Gasteiger partial charge in [-0.25, -0.2) is 8.93 Å². The van der Waals surface area contributed by atoms with Gasteiger partial charge in [-0.05, 0) is 50.6 Å². The lowest BCUT2D eigenvalue weighted by molar-refractivity contribution is 0.602. The molecule has 0 saturated carbocycles. The summed E-state index contributed by atoms with van der Waals surface area (Å²) in [4.78, 5) is 1.49. The third-order valence-corrected chi connectivity index (χ3v) is 7.54. The molecular weight excluding hydrogens is 386 g/mol. The number of benzene rings is 3. The molecule has 0 fully saturated rings. The summed E-state index contributed by atoms with van der Waals surface area (Å²) >= 11 is 0. The average molecular weight is 412 g/mol. The van der Waals surface area contributed by atoms with Gasteiger partial charge in [0.15, 0.2) is 0 Å². The van der Waals surface area contributed by atoms with Crippen molar-refractivity contribution in [2.45, 2.75) is 41.9 Å². The third-order valence-electron chi connectivity index (χ3n) is 4.69. The van der Waals surface area contributed by atoms with E-state index in [1.807, 2.05) is 99.6 Å². The molecule has 0 saturated heterocycles. The SMILES string of the molecule is Cc1ccc(S(=O)N[C@H](c2ccccc2)[C@@H](C)S(=O)c2ccc(C)cc2)cc1. The first kappa shape index (κ1) is 20.6. The minimum Gasteiger partial charge on any atom is -0.254 e. The standard InChI is InChI=1S/C23H25NO2S2/c1-17-9-13-21(14-10-17)27(25)19(3)23(20-7-5-4-6-8-20)24-28(26)22-15-11-18(2)12-16-22/h4-16,19,23-24H,1-3H3/t19-,23+,27?,28?/m1/s1. The Kier molecular flexibility index (Phi) is 6.94. The van der Waals surface area contributed by atoms with Crippen LogP contribution in [0.15, 0.2) is 88.7 Å². The van der Waals surface area contributed by atoms with Crippen molar-refractivity contribution in [2.24, 2.45) is 0 Å². The van der Waals surface area contributed by atoms with E-state index in [0.29, 0.717) is 4.90 Å². The van der Waals surface area contributed by atoms with E-state index >= 15 is 0 Å². The van der Waals surface area contributed by atoms with Gasteiger partial charge in [-0.15, -0.1) is 0 Å². The van der Waals surface area contributed by atoms with E-state index in [-0.39, 0.29) is 11.3 Å². The molecule has 0 aliphatic carbocycles. The van der Waals surface area contributed by atoms with Crippen molar-refractivity contribution in [1.82, 2.24) is 4.72 Å². The smallest absolute Gasteiger partial charge is 0.125 e. The Morgan fingerprint density at radius 3 is 1.75 bits per heavy atom. The maximum atomic E-state index is 13.2. The number of nitrogens with one attached hydrogen (secondary N) is 1. The lowest BCUT2D eigenvalue weighted by Crippen LogP contribution is -2.34. The zero-order valence-corrected chi connectivity index (χ0v) is 17.9. The van der Waals surface area contributed by atoms with Gasteiger partial charge >= 0.3 is 0 Å². The molecule has 0 radical (unpaired) electrons. The van der Waals surface area contributed by atoms with Crippen molar-refractivity contribution in [2.75, 3.05) is 0 Å². The molecule has 0 bridgehead atoms. The largest absolute Gasteiger partial charge is 0.254 e. The fraction of sp³-hybridized carbons (Fsp3) is 0.217. The lowest BCUT2D eigenvalue weighted by atomic mass is 10.1. The molecule has 0 spiro atoms. The highest BCUT2D eigenvalue weighted by Gasteiger charge is 2.27. The second-order valence-electron chi connectivity index (χ2n) is 6.90. The molecule has 1 N–H and O–H groups in total. The lowest BCUT2D eigenvalue weighted by Gasteiger charge is -2.25. The molecular formula is C23H25NO2S2. The highest BCUT2D eigenvalue weighted by atomic mass is 32.2. The maximum Gasteiger partial charge on any atom is 0.125 e. The van der Waals surface area contributed by atoms with Crippen molar-refractivity contribution in [1.29, 1.82) is 0 Å². The molecule has 0 aliphatic heterocycles. The van der Waals surface area contributed by atoms with Gasteiger partial charge in [-0.1, -0.05) is 65.7 Å². The van der Waals surface area contributed by atoms with Crippen LogP contribution < -0.4 is 4.72 Å². The van der Waals surface area contributed by atoms with Gasteiger partial charge in [0.2, 0.25) is 0 Å². The molecule has 146 valence electrons. The predicted octanol–water partition coefficient (Wildman–Crippen LogP) is 4.85. The molecule has 4 atom stereocenters. The maximum absolute atomic E-state index is 13.2. The summed E-state index contributed by atoms with van der Waals surface area (Å²) in [5, 5.41) is -0.264. The van der Waals surface area contributed by atoms with E-state index in [1.165, 1.54) is 0 Å². The Labute approximate surface area is 172 Å². The van der Waals surface area contributed by atoms with Crippen LogP contribution in [0.2, 0.25) is 0 Å². The van der Waals surface area contributed by atoms with Crippen LogP contribution in [0.4, 0.5) is 0 Å². The highest BCUT2D eigenvalue weighted by Crippen LogP contribution is 2.26. The summed E-state index contributed by atoms with van der Waals surface area (Å²) in [6.45, 7) is 5.95. The fourth-order valence-electron chi connectivity index (χ4n) is 2.95. The molecule has 2 unspecified atom stereocenters. The van der Waals surface area contributed by atoms with E-state index in [1.54, 1.807) is 0 Å². The Morgan fingerprint density at radius 1 is 0.714 bits per heavy atom. The molecule has 3 rings (SSSR count). The van der Waals surface area contributed by atoms with Gasteiger partial charge in [0, 0.05) is 4.90 Å². The number of hydrogen-bond donors (Lipinski definition) is 1. The van der Waals surface area contributed by atoms with Crippen LogP contribution in [-0.2, 0) is 21.8 Å². The molecule has 3 aromatic rings. The first-order chi connectivity index (χ1) is 13.5. The summed E-state index contributed by atoms with van der Waals surface area (Å²) in [5.41, 5.74) is 3.22.